The highest BCUT2D eigenvalue weighted by Gasteiger charge is 2.05. The van der Waals surface area contributed by atoms with Crippen LogP contribution in [0.15, 0.2) is 29.1 Å². The molecule has 0 fully saturated rings. The van der Waals surface area contributed by atoms with Gasteiger partial charge in [0, 0.05) is 0 Å². The van der Waals surface area contributed by atoms with Gasteiger partial charge in [-0.15, -0.1) is 0 Å². The van der Waals surface area contributed by atoms with Gasteiger partial charge in [0.2, 0.25) is 0 Å². The molecular weight excluding hydrogens is 211 g/mol. The van der Waals surface area contributed by atoms with E-state index in [2.05, 4.69) is 20.5 Å². The van der Waals surface area contributed by atoms with E-state index in [1.165, 1.54) is 6.07 Å². The SMILES string of the molecule is Cc1n[nH]c(=O)nc1Nc1ccccc1F. The zero-order valence-corrected chi connectivity index (χ0v) is 8.49. The highest BCUT2D eigenvalue weighted by molar-refractivity contribution is 5.57. The smallest absolute Gasteiger partial charge is 0.336 e. The summed E-state index contributed by atoms with van der Waals surface area (Å²) in [5, 5.41) is 8.62. The Balaban J connectivity index is 2.38. The Hall–Kier alpha value is -2.24. The van der Waals surface area contributed by atoms with Crippen LogP contribution in [-0.4, -0.2) is 15.2 Å². The number of para-hydroxylation sites is 1. The Kier molecular flexibility index (Phi) is 2.63. The van der Waals surface area contributed by atoms with E-state index in [0.717, 1.165) is 0 Å². The lowest BCUT2D eigenvalue weighted by atomic mass is 10.3. The van der Waals surface area contributed by atoms with Crippen molar-refractivity contribution in [2.75, 3.05) is 5.32 Å². The lowest BCUT2D eigenvalue weighted by Gasteiger charge is -2.06. The zero-order valence-electron chi connectivity index (χ0n) is 8.49. The van der Waals surface area contributed by atoms with Crippen LogP contribution in [0.5, 0.6) is 0 Å². The van der Waals surface area contributed by atoms with Gasteiger partial charge >= 0.3 is 5.69 Å². The lowest BCUT2D eigenvalue weighted by Crippen LogP contribution is -2.15. The molecule has 0 aliphatic rings. The van der Waals surface area contributed by atoms with Crippen molar-refractivity contribution in [1.82, 2.24) is 15.2 Å². The number of aromatic nitrogens is 3. The number of nitrogens with one attached hydrogen (secondary N) is 2. The highest BCUT2D eigenvalue weighted by Crippen LogP contribution is 2.18. The fraction of sp³-hybridized carbons (Fsp3) is 0.100. The average molecular weight is 220 g/mol. The molecule has 0 amide bonds. The second-order valence-corrected chi connectivity index (χ2v) is 3.18. The number of aryl methyl sites for hydroxylation is 1. The zero-order chi connectivity index (χ0) is 11.5. The summed E-state index contributed by atoms with van der Waals surface area (Å²) in [4.78, 5) is 14.6. The molecule has 0 spiro atoms. The summed E-state index contributed by atoms with van der Waals surface area (Å²) in [6.07, 6.45) is 0. The van der Waals surface area contributed by atoms with Gasteiger partial charge in [-0.1, -0.05) is 12.1 Å². The van der Waals surface area contributed by atoms with E-state index in [0.29, 0.717) is 5.69 Å². The number of hydrogen-bond acceptors (Lipinski definition) is 4. The Morgan fingerprint density at radius 2 is 2.12 bits per heavy atom. The molecule has 1 heterocycles. The van der Waals surface area contributed by atoms with Crippen LogP contribution in [0.1, 0.15) is 5.69 Å². The normalized spacial score (nSPS) is 10.1. The van der Waals surface area contributed by atoms with E-state index >= 15 is 0 Å². The maximum absolute atomic E-state index is 13.3. The van der Waals surface area contributed by atoms with Gasteiger partial charge in [-0.3, -0.25) is 0 Å². The van der Waals surface area contributed by atoms with Gasteiger partial charge in [0.1, 0.15) is 11.5 Å². The van der Waals surface area contributed by atoms with E-state index in [1.807, 2.05) is 0 Å². The largest absolute Gasteiger partial charge is 0.363 e. The van der Waals surface area contributed by atoms with Gasteiger partial charge in [-0.25, -0.2) is 14.3 Å². The molecule has 0 atom stereocenters. The Morgan fingerprint density at radius 1 is 1.38 bits per heavy atom. The summed E-state index contributed by atoms with van der Waals surface area (Å²) < 4.78 is 13.3. The standard InChI is InChI=1S/C10H9FN4O/c1-6-9(13-10(16)15-14-6)12-8-5-3-2-4-7(8)11/h2-5H,1H3,(H2,12,13,15,16). The summed E-state index contributed by atoms with van der Waals surface area (Å²) in [6.45, 7) is 1.66. The van der Waals surface area contributed by atoms with Crippen LogP contribution in [0.4, 0.5) is 15.9 Å². The highest BCUT2D eigenvalue weighted by atomic mass is 19.1. The summed E-state index contributed by atoms with van der Waals surface area (Å²) in [6, 6.07) is 6.13. The molecule has 0 saturated carbocycles. The van der Waals surface area contributed by atoms with Crippen molar-refractivity contribution in [1.29, 1.82) is 0 Å². The first-order valence-corrected chi connectivity index (χ1v) is 4.61. The minimum Gasteiger partial charge on any atom is -0.336 e. The first-order valence-electron chi connectivity index (χ1n) is 4.61. The molecule has 2 N–H and O–H groups in total. The van der Waals surface area contributed by atoms with Gasteiger partial charge in [-0.2, -0.15) is 10.1 Å². The molecule has 82 valence electrons. The molecule has 0 bridgehead atoms. The molecule has 1 aromatic carbocycles. The minimum atomic E-state index is -0.579. The molecule has 2 rings (SSSR count). The topological polar surface area (TPSA) is 70.7 Å². The molecule has 0 aliphatic carbocycles. The van der Waals surface area contributed by atoms with Crippen LogP contribution in [0.25, 0.3) is 0 Å². The maximum atomic E-state index is 13.3. The maximum Gasteiger partial charge on any atom is 0.363 e. The summed E-state index contributed by atoms with van der Waals surface area (Å²) in [5.74, 6) is -0.169. The monoisotopic (exact) mass is 220 g/mol. The van der Waals surface area contributed by atoms with Gasteiger partial charge < -0.3 is 5.32 Å². The predicted molar refractivity (Wildman–Crippen MR) is 57.1 cm³/mol. The van der Waals surface area contributed by atoms with Crippen LogP contribution >= 0.6 is 0 Å². The molecule has 5 nitrogen and oxygen atoms in total. The average Bonchev–Trinajstić information content (AvgIpc) is 2.27. The van der Waals surface area contributed by atoms with Crippen LogP contribution in [0.3, 0.4) is 0 Å². The molecule has 16 heavy (non-hydrogen) atoms. The molecule has 6 heteroatoms. The number of H-pyrrole nitrogens is 1. The van der Waals surface area contributed by atoms with E-state index in [4.69, 9.17) is 0 Å². The van der Waals surface area contributed by atoms with Crippen LogP contribution in [0, 0.1) is 12.7 Å². The molecule has 2 aromatic rings. The third-order valence-electron chi connectivity index (χ3n) is 2.00. The molecular formula is C10H9FN4O. The van der Waals surface area contributed by atoms with E-state index in [1.54, 1.807) is 25.1 Å². The Morgan fingerprint density at radius 3 is 2.88 bits per heavy atom. The van der Waals surface area contributed by atoms with Crippen LogP contribution in [0.2, 0.25) is 0 Å². The number of anilines is 2. The van der Waals surface area contributed by atoms with Crippen LogP contribution in [-0.2, 0) is 0 Å². The van der Waals surface area contributed by atoms with Crippen molar-refractivity contribution < 1.29 is 4.39 Å². The van der Waals surface area contributed by atoms with E-state index < -0.39 is 11.5 Å². The van der Waals surface area contributed by atoms with Crippen molar-refractivity contribution in [3.63, 3.8) is 0 Å². The first kappa shape index (κ1) is 10.3. The van der Waals surface area contributed by atoms with Gasteiger partial charge in [0.25, 0.3) is 0 Å². The van der Waals surface area contributed by atoms with Crippen molar-refractivity contribution in [2.45, 2.75) is 6.92 Å². The molecule has 0 saturated heterocycles. The summed E-state index contributed by atoms with van der Waals surface area (Å²) >= 11 is 0. The molecule has 0 unspecified atom stereocenters. The third kappa shape index (κ3) is 2.05. The summed E-state index contributed by atoms with van der Waals surface area (Å²) in [7, 11) is 0. The number of benzene rings is 1. The van der Waals surface area contributed by atoms with E-state index in [9.17, 15) is 9.18 Å². The summed E-state index contributed by atoms with van der Waals surface area (Å²) in [5.41, 5.74) is 0.165. The predicted octanol–water partition coefficient (Wildman–Crippen LogP) is 1.36. The van der Waals surface area contributed by atoms with Crippen molar-refractivity contribution in [2.24, 2.45) is 0 Å². The second-order valence-electron chi connectivity index (χ2n) is 3.18. The molecule has 0 radical (unpaired) electrons. The number of rotatable bonds is 2. The van der Waals surface area contributed by atoms with Crippen molar-refractivity contribution in [3.8, 4) is 0 Å². The molecule has 1 aromatic heterocycles. The fourth-order valence-electron chi connectivity index (χ4n) is 1.20. The first-order chi connectivity index (χ1) is 7.66. The van der Waals surface area contributed by atoms with Gasteiger partial charge in [-0.05, 0) is 19.1 Å². The van der Waals surface area contributed by atoms with Crippen molar-refractivity contribution >= 4 is 11.5 Å². The third-order valence-corrected chi connectivity index (χ3v) is 2.00. The number of nitrogens with zero attached hydrogens (tertiary/aromatic N) is 2. The number of hydrogen-bond donors (Lipinski definition) is 2. The van der Waals surface area contributed by atoms with E-state index in [-0.39, 0.29) is 11.5 Å². The van der Waals surface area contributed by atoms with Crippen LogP contribution < -0.4 is 11.0 Å². The number of aromatic amines is 1. The Labute approximate surface area is 90.4 Å². The molecule has 0 aliphatic heterocycles. The fourth-order valence-corrected chi connectivity index (χ4v) is 1.20. The Bertz CT molecular complexity index is 567. The minimum absolute atomic E-state index is 0.244. The lowest BCUT2D eigenvalue weighted by molar-refractivity contribution is 0.631. The number of halogens is 1. The van der Waals surface area contributed by atoms with Crippen molar-refractivity contribution in [3.05, 3.63) is 46.3 Å². The quantitative estimate of drug-likeness (QED) is 0.801. The van der Waals surface area contributed by atoms with Gasteiger partial charge in [0.15, 0.2) is 5.82 Å². The van der Waals surface area contributed by atoms with Gasteiger partial charge in [0.05, 0.1) is 5.69 Å². The second kappa shape index (κ2) is 4.09.